The second-order valence-corrected chi connectivity index (χ2v) is 6.91. The molecular formula is C17H19F2NO4S. The van der Waals surface area contributed by atoms with Crippen molar-refractivity contribution >= 4 is 10.0 Å². The molecular weight excluding hydrogens is 352 g/mol. The number of hydrogen-bond acceptors (Lipinski definition) is 4. The highest BCUT2D eigenvalue weighted by molar-refractivity contribution is 7.89. The van der Waals surface area contributed by atoms with Crippen molar-refractivity contribution in [3.05, 3.63) is 53.6 Å². The number of ether oxygens (including phenoxy) is 2. The third-order valence-electron chi connectivity index (χ3n) is 3.44. The first-order valence-electron chi connectivity index (χ1n) is 7.61. The lowest BCUT2D eigenvalue weighted by Gasteiger charge is -2.11. The van der Waals surface area contributed by atoms with Crippen LogP contribution < -0.4 is 14.2 Å². The Bertz CT molecular complexity index is 841. The Labute approximate surface area is 145 Å². The van der Waals surface area contributed by atoms with E-state index < -0.39 is 21.7 Å². The predicted molar refractivity (Wildman–Crippen MR) is 89.4 cm³/mol. The van der Waals surface area contributed by atoms with Gasteiger partial charge in [0.1, 0.15) is 0 Å². The van der Waals surface area contributed by atoms with Crippen molar-refractivity contribution in [2.45, 2.75) is 18.2 Å². The molecule has 0 aromatic heterocycles. The van der Waals surface area contributed by atoms with Crippen molar-refractivity contribution in [2.75, 3.05) is 20.3 Å². The molecule has 1 N–H and O–H groups in total. The van der Waals surface area contributed by atoms with E-state index in [0.29, 0.717) is 30.6 Å². The first kappa shape index (κ1) is 19.1. The van der Waals surface area contributed by atoms with E-state index in [1.807, 2.05) is 6.92 Å². The Kier molecular flexibility index (Phi) is 6.33. The summed E-state index contributed by atoms with van der Waals surface area (Å²) in [7, 11) is -2.39. The maximum Gasteiger partial charge on any atom is 0.240 e. The van der Waals surface area contributed by atoms with E-state index in [0.717, 1.165) is 17.7 Å². The van der Waals surface area contributed by atoms with Gasteiger partial charge < -0.3 is 9.47 Å². The first-order valence-corrected chi connectivity index (χ1v) is 9.10. The van der Waals surface area contributed by atoms with Gasteiger partial charge in [0.15, 0.2) is 23.1 Å². The first-order chi connectivity index (χ1) is 11.9. The molecule has 8 heteroatoms. The molecule has 0 amide bonds. The molecule has 0 saturated heterocycles. The third-order valence-corrected chi connectivity index (χ3v) is 4.89. The van der Waals surface area contributed by atoms with E-state index in [-0.39, 0.29) is 11.4 Å². The van der Waals surface area contributed by atoms with Crippen LogP contribution in [0.3, 0.4) is 0 Å². The maximum absolute atomic E-state index is 13.2. The van der Waals surface area contributed by atoms with Crippen LogP contribution in [0.4, 0.5) is 8.78 Å². The fourth-order valence-electron chi connectivity index (χ4n) is 2.20. The summed E-state index contributed by atoms with van der Waals surface area (Å²) in [5, 5.41) is 0. The number of methoxy groups -OCH3 is 1. The Morgan fingerprint density at radius 3 is 2.44 bits per heavy atom. The highest BCUT2D eigenvalue weighted by Gasteiger charge is 2.16. The van der Waals surface area contributed by atoms with Gasteiger partial charge in [0.2, 0.25) is 10.0 Å². The SMILES string of the molecule is CCOc1ccc(CCNS(=O)(=O)c2ccc(F)c(F)c2)cc1OC. The zero-order chi connectivity index (χ0) is 18.4. The highest BCUT2D eigenvalue weighted by atomic mass is 32.2. The zero-order valence-electron chi connectivity index (χ0n) is 13.9. The smallest absolute Gasteiger partial charge is 0.240 e. The number of rotatable bonds is 8. The summed E-state index contributed by atoms with van der Waals surface area (Å²) in [6, 6.07) is 7.76. The lowest BCUT2D eigenvalue weighted by Crippen LogP contribution is -2.26. The normalized spacial score (nSPS) is 11.4. The van der Waals surface area contributed by atoms with Gasteiger partial charge in [-0.1, -0.05) is 6.07 Å². The molecule has 0 atom stereocenters. The minimum Gasteiger partial charge on any atom is -0.493 e. The van der Waals surface area contributed by atoms with Crippen LogP contribution in [-0.4, -0.2) is 28.7 Å². The summed E-state index contributed by atoms with van der Waals surface area (Å²) in [4.78, 5) is -0.323. The van der Waals surface area contributed by atoms with Crippen molar-refractivity contribution < 1.29 is 26.7 Å². The molecule has 5 nitrogen and oxygen atoms in total. The van der Waals surface area contributed by atoms with Crippen LogP contribution in [0, 0.1) is 11.6 Å². The van der Waals surface area contributed by atoms with Gasteiger partial charge in [0.05, 0.1) is 18.6 Å². The van der Waals surface area contributed by atoms with E-state index in [2.05, 4.69) is 4.72 Å². The van der Waals surface area contributed by atoms with Crippen LogP contribution >= 0.6 is 0 Å². The molecule has 0 radical (unpaired) electrons. The number of halogens is 2. The molecule has 0 heterocycles. The van der Waals surface area contributed by atoms with Crippen molar-refractivity contribution in [3.63, 3.8) is 0 Å². The lowest BCUT2D eigenvalue weighted by molar-refractivity contribution is 0.310. The molecule has 0 aliphatic carbocycles. The number of sulfonamides is 1. The van der Waals surface area contributed by atoms with Gasteiger partial charge in [-0.15, -0.1) is 0 Å². The zero-order valence-corrected chi connectivity index (χ0v) is 14.7. The van der Waals surface area contributed by atoms with Crippen molar-refractivity contribution in [2.24, 2.45) is 0 Å². The molecule has 0 bridgehead atoms. The van der Waals surface area contributed by atoms with E-state index >= 15 is 0 Å². The van der Waals surface area contributed by atoms with Crippen LogP contribution in [0.15, 0.2) is 41.3 Å². The standard InChI is InChI=1S/C17H19F2NO4S/c1-3-24-16-7-4-12(10-17(16)23-2)8-9-20-25(21,22)13-5-6-14(18)15(19)11-13/h4-7,10-11,20H,3,8-9H2,1-2H3. The third kappa shape index (κ3) is 4.90. The number of benzene rings is 2. The average Bonchev–Trinajstić information content (AvgIpc) is 2.58. The molecule has 0 aliphatic rings. The van der Waals surface area contributed by atoms with Crippen LogP contribution in [0.5, 0.6) is 11.5 Å². The minimum atomic E-state index is -3.91. The molecule has 0 fully saturated rings. The second kappa shape index (κ2) is 8.26. The molecule has 25 heavy (non-hydrogen) atoms. The molecule has 136 valence electrons. The topological polar surface area (TPSA) is 64.6 Å². The largest absolute Gasteiger partial charge is 0.493 e. The monoisotopic (exact) mass is 371 g/mol. The Morgan fingerprint density at radius 2 is 1.80 bits per heavy atom. The molecule has 0 aliphatic heterocycles. The van der Waals surface area contributed by atoms with Gasteiger partial charge in [-0.25, -0.2) is 21.9 Å². The van der Waals surface area contributed by atoms with Gasteiger partial charge in [0, 0.05) is 6.54 Å². The fraction of sp³-hybridized carbons (Fsp3) is 0.294. The summed E-state index contributed by atoms with van der Waals surface area (Å²) in [5.41, 5.74) is 0.841. The van der Waals surface area contributed by atoms with Gasteiger partial charge in [-0.2, -0.15) is 0 Å². The summed E-state index contributed by atoms with van der Waals surface area (Å²) in [5.74, 6) is -1.14. The molecule has 0 saturated carbocycles. The average molecular weight is 371 g/mol. The van der Waals surface area contributed by atoms with Crippen LogP contribution in [0.25, 0.3) is 0 Å². The predicted octanol–water partition coefficient (Wildman–Crippen LogP) is 2.89. The maximum atomic E-state index is 13.2. The summed E-state index contributed by atoms with van der Waals surface area (Å²) >= 11 is 0. The fourth-order valence-corrected chi connectivity index (χ4v) is 3.24. The Hall–Kier alpha value is -2.19. The summed E-state index contributed by atoms with van der Waals surface area (Å²) in [6.07, 6.45) is 0.395. The summed E-state index contributed by atoms with van der Waals surface area (Å²) < 4.78 is 63.3. The molecule has 2 aromatic carbocycles. The highest BCUT2D eigenvalue weighted by Crippen LogP contribution is 2.28. The second-order valence-electron chi connectivity index (χ2n) is 5.14. The molecule has 0 unspecified atom stereocenters. The van der Waals surface area contributed by atoms with Crippen molar-refractivity contribution in [1.29, 1.82) is 0 Å². The van der Waals surface area contributed by atoms with Crippen molar-refractivity contribution in [3.8, 4) is 11.5 Å². The number of nitrogens with one attached hydrogen (secondary N) is 1. The number of hydrogen-bond donors (Lipinski definition) is 1. The molecule has 2 rings (SSSR count). The van der Waals surface area contributed by atoms with Crippen LogP contribution in [-0.2, 0) is 16.4 Å². The van der Waals surface area contributed by atoms with Gasteiger partial charge in [-0.05, 0) is 49.2 Å². The Balaban J connectivity index is 2.03. The van der Waals surface area contributed by atoms with Crippen molar-refractivity contribution in [1.82, 2.24) is 4.72 Å². The van der Waals surface area contributed by atoms with Gasteiger partial charge in [-0.3, -0.25) is 0 Å². The van der Waals surface area contributed by atoms with E-state index in [9.17, 15) is 17.2 Å². The minimum absolute atomic E-state index is 0.0957. The van der Waals surface area contributed by atoms with Crippen LogP contribution in [0.1, 0.15) is 12.5 Å². The van der Waals surface area contributed by atoms with Gasteiger partial charge in [0.25, 0.3) is 0 Å². The van der Waals surface area contributed by atoms with E-state index in [4.69, 9.17) is 9.47 Å². The van der Waals surface area contributed by atoms with E-state index in [1.165, 1.54) is 7.11 Å². The quantitative estimate of drug-likeness (QED) is 0.775. The van der Waals surface area contributed by atoms with Crippen LogP contribution in [0.2, 0.25) is 0 Å². The molecule has 0 spiro atoms. The molecule has 2 aromatic rings. The van der Waals surface area contributed by atoms with E-state index in [1.54, 1.807) is 18.2 Å². The lowest BCUT2D eigenvalue weighted by atomic mass is 10.1. The van der Waals surface area contributed by atoms with Gasteiger partial charge >= 0.3 is 0 Å². The Morgan fingerprint density at radius 1 is 1.04 bits per heavy atom. The summed E-state index contributed by atoms with van der Waals surface area (Å²) in [6.45, 7) is 2.46.